The molecule has 0 saturated heterocycles. The van der Waals surface area contributed by atoms with Crippen molar-refractivity contribution < 1.29 is 37.0 Å². The Morgan fingerprint density at radius 3 is 1.81 bits per heavy atom. The summed E-state index contributed by atoms with van der Waals surface area (Å²) in [6.07, 6.45) is -0.767. The van der Waals surface area contributed by atoms with E-state index in [0.717, 1.165) is 21.0 Å². The standard InChI is InChI=1S/C13H12F4O4/c1-13(2,4-5(18)19)7-10(16)8(14)6(12(20)21-3)9(15)11(7)17/h4H2,1-3H3,(H,18,19). The van der Waals surface area contributed by atoms with Crippen LogP contribution in [0.4, 0.5) is 17.6 Å². The molecule has 0 bridgehead atoms. The molecule has 0 atom stereocenters. The predicted octanol–water partition coefficient (Wildman–Crippen LogP) is 2.78. The molecule has 0 heterocycles. The van der Waals surface area contributed by atoms with Crippen LogP contribution in [-0.2, 0) is 14.9 Å². The Labute approximate surface area is 117 Å². The lowest BCUT2D eigenvalue weighted by Crippen LogP contribution is -2.27. The van der Waals surface area contributed by atoms with E-state index in [9.17, 15) is 27.2 Å². The van der Waals surface area contributed by atoms with Crippen molar-refractivity contribution in [2.24, 2.45) is 0 Å². The monoisotopic (exact) mass is 308 g/mol. The van der Waals surface area contributed by atoms with E-state index in [1.54, 1.807) is 0 Å². The van der Waals surface area contributed by atoms with Crippen molar-refractivity contribution in [2.45, 2.75) is 25.7 Å². The van der Waals surface area contributed by atoms with Crippen LogP contribution in [0.15, 0.2) is 0 Å². The topological polar surface area (TPSA) is 63.6 Å². The second kappa shape index (κ2) is 5.71. The van der Waals surface area contributed by atoms with Crippen molar-refractivity contribution in [3.63, 3.8) is 0 Å². The van der Waals surface area contributed by atoms with Gasteiger partial charge in [-0.2, -0.15) is 0 Å². The number of benzene rings is 1. The molecule has 1 N–H and O–H groups in total. The quantitative estimate of drug-likeness (QED) is 0.528. The number of carbonyl (C=O) groups excluding carboxylic acids is 1. The molecular formula is C13H12F4O4. The fraction of sp³-hybridized carbons (Fsp3) is 0.385. The molecule has 0 aromatic heterocycles. The lowest BCUT2D eigenvalue weighted by molar-refractivity contribution is -0.138. The van der Waals surface area contributed by atoms with Crippen LogP contribution in [-0.4, -0.2) is 24.2 Å². The van der Waals surface area contributed by atoms with Crippen LogP contribution in [0.25, 0.3) is 0 Å². The summed E-state index contributed by atoms with van der Waals surface area (Å²) in [6.45, 7) is 2.22. The molecule has 4 nitrogen and oxygen atoms in total. The van der Waals surface area contributed by atoms with Gasteiger partial charge in [-0.05, 0) is 0 Å². The third-order valence-corrected chi connectivity index (χ3v) is 2.92. The number of carboxylic acid groups (broad SMARTS) is 1. The minimum absolute atomic E-state index is 0.767. The zero-order chi connectivity index (χ0) is 16.5. The number of halogens is 4. The van der Waals surface area contributed by atoms with Gasteiger partial charge in [0.1, 0.15) is 5.56 Å². The molecule has 1 aromatic rings. The maximum Gasteiger partial charge on any atom is 0.344 e. The number of carbonyl (C=O) groups is 2. The zero-order valence-corrected chi connectivity index (χ0v) is 11.4. The minimum atomic E-state index is -1.92. The van der Waals surface area contributed by atoms with Crippen LogP contribution in [0.2, 0.25) is 0 Å². The van der Waals surface area contributed by atoms with Gasteiger partial charge < -0.3 is 9.84 Å². The highest BCUT2D eigenvalue weighted by Crippen LogP contribution is 2.35. The van der Waals surface area contributed by atoms with E-state index in [4.69, 9.17) is 5.11 Å². The number of esters is 1. The SMILES string of the molecule is COC(=O)c1c(F)c(F)c(C(C)(C)CC(=O)O)c(F)c1F. The molecular weight excluding hydrogens is 296 g/mol. The Morgan fingerprint density at radius 1 is 1.05 bits per heavy atom. The van der Waals surface area contributed by atoms with Crippen LogP contribution in [0.5, 0.6) is 0 Å². The van der Waals surface area contributed by atoms with Gasteiger partial charge in [0.05, 0.1) is 13.5 Å². The predicted molar refractivity (Wildman–Crippen MR) is 62.9 cm³/mol. The van der Waals surface area contributed by atoms with Crippen molar-refractivity contribution in [2.75, 3.05) is 7.11 Å². The normalized spacial score (nSPS) is 11.4. The van der Waals surface area contributed by atoms with Crippen molar-refractivity contribution >= 4 is 11.9 Å². The van der Waals surface area contributed by atoms with Gasteiger partial charge in [-0.25, -0.2) is 22.4 Å². The number of hydrogen-bond donors (Lipinski definition) is 1. The van der Waals surface area contributed by atoms with Gasteiger partial charge in [-0.3, -0.25) is 4.79 Å². The van der Waals surface area contributed by atoms with E-state index < -0.39 is 58.2 Å². The molecule has 0 saturated carbocycles. The van der Waals surface area contributed by atoms with Gasteiger partial charge in [-0.15, -0.1) is 0 Å². The summed E-state index contributed by atoms with van der Waals surface area (Å²) in [7, 11) is 0.791. The highest BCUT2D eigenvalue weighted by atomic mass is 19.2. The first kappa shape index (κ1) is 16.9. The molecule has 0 aliphatic heterocycles. The summed E-state index contributed by atoms with van der Waals surface area (Å²) >= 11 is 0. The Balaban J connectivity index is 3.65. The van der Waals surface area contributed by atoms with Crippen LogP contribution < -0.4 is 0 Å². The summed E-state index contributed by atoms with van der Waals surface area (Å²) in [5.74, 6) is -10.5. The molecule has 1 rings (SSSR count). The second-order valence-corrected chi connectivity index (χ2v) is 4.95. The first-order chi connectivity index (χ1) is 9.54. The summed E-state index contributed by atoms with van der Waals surface area (Å²) in [6, 6.07) is 0. The smallest absolute Gasteiger partial charge is 0.344 e. The Hall–Kier alpha value is -2.12. The number of rotatable bonds is 4. The summed E-state index contributed by atoms with van der Waals surface area (Å²) in [5, 5.41) is 8.71. The molecule has 8 heteroatoms. The molecule has 21 heavy (non-hydrogen) atoms. The Morgan fingerprint density at radius 2 is 1.48 bits per heavy atom. The van der Waals surface area contributed by atoms with E-state index in [1.165, 1.54) is 0 Å². The number of carboxylic acids is 1. The zero-order valence-electron chi connectivity index (χ0n) is 11.4. The van der Waals surface area contributed by atoms with Crippen molar-refractivity contribution in [1.82, 2.24) is 0 Å². The molecule has 0 radical (unpaired) electrons. The largest absolute Gasteiger partial charge is 0.481 e. The lowest BCUT2D eigenvalue weighted by Gasteiger charge is -2.25. The number of ether oxygens (including phenoxy) is 1. The summed E-state index contributed by atoms with van der Waals surface area (Å²) in [4.78, 5) is 21.9. The first-order valence-electron chi connectivity index (χ1n) is 5.71. The van der Waals surface area contributed by atoms with Gasteiger partial charge >= 0.3 is 11.9 Å². The van der Waals surface area contributed by atoms with Crippen molar-refractivity contribution in [3.8, 4) is 0 Å². The van der Waals surface area contributed by atoms with E-state index in [1.807, 2.05) is 0 Å². The Kier molecular flexibility index (Phi) is 4.60. The molecule has 0 aliphatic carbocycles. The minimum Gasteiger partial charge on any atom is -0.481 e. The van der Waals surface area contributed by atoms with Gasteiger partial charge in [-0.1, -0.05) is 13.8 Å². The maximum absolute atomic E-state index is 14.0. The Bertz CT molecular complexity index is 582. The van der Waals surface area contributed by atoms with Crippen molar-refractivity contribution in [3.05, 3.63) is 34.4 Å². The molecule has 0 fully saturated rings. The lowest BCUT2D eigenvalue weighted by atomic mass is 9.80. The van der Waals surface area contributed by atoms with E-state index in [-0.39, 0.29) is 0 Å². The molecule has 0 unspecified atom stereocenters. The summed E-state index contributed by atoms with van der Waals surface area (Å²) < 4.78 is 59.5. The average Bonchev–Trinajstić information content (AvgIpc) is 2.34. The van der Waals surface area contributed by atoms with Crippen LogP contribution in [0.1, 0.15) is 36.2 Å². The van der Waals surface area contributed by atoms with E-state index in [0.29, 0.717) is 0 Å². The number of aliphatic carboxylic acids is 1. The number of hydrogen-bond acceptors (Lipinski definition) is 3. The van der Waals surface area contributed by atoms with Gasteiger partial charge in [0, 0.05) is 11.0 Å². The number of methoxy groups -OCH3 is 1. The third-order valence-electron chi connectivity index (χ3n) is 2.92. The molecule has 0 spiro atoms. The highest BCUT2D eigenvalue weighted by Gasteiger charge is 2.37. The summed E-state index contributed by atoms with van der Waals surface area (Å²) in [5.41, 5.74) is -4.30. The van der Waals surface area contributed by atoms with E-state index in [2.05, 4.69) is 4.74 Å². The molecule has 1 aromatic carbocycles. The molecule has 0 aliphatic rings. The fourth-order valence-corrected chi connectivity index (χ4v) is 1.97. The molecule has 116 valence electrons. The van der Waals surface area contributed by atoms with Crippen molar-refractivity contribution in [1.29, 1.82) is 0 Å². The van der Waals surface area contributed by atoms with Crippen LogP contribution >= 0.6 is 0 Å². The molecule has 0 amide bonds. The highest BCUT2D eigenvalue weighted by molar-refractivity contribution is 5.90. The van der Waals surface area contributed by atoms with Gasteiger partial charge in [0.25, 0.3) is 0 Å². The average molecular weight is 308 g/mol. The fourth-order valence-electron chi connectivity index (χ4n) is 1.97. The van der Waals surface area contributed by atoms with Gasteiger partial charge in [0.2, 0.25) is 0 Å². The van der Waals surface area contributed by atoms with E-state index >= 15 is 0 Å². The van der Waals surface area contributed by atoms with Crippen LogP contribution in [0.3, 0.4) is 0 Å². The third kappa shape index (κ3) is 2.98. The maximum atomic E-state index is 14.0. The van der Waals surface area contributed by atoms with Gasteiger partial charge in [0.15, 0.2) is 23.3 Å². The van der Waals surface area contributed by atoms with Crippen LogP contribution in [0, 0.1) is 23.3 Å². The first-order valence-corrected chi connectivity index (χ1v) is 5.71. The second-order valence-electron chi connectivity index (χ2n) is 4.95.